The van der Waals surface area contributed by atoms with E-state index in [1.807, 2.05) is 0 Å². The van der Waals surface area contributed by atoms with Gasteiger partial charge in [0.15, 0.2) is 0 Å². The Bertz CT molecular complexity index is 196. The van der Waals surface area contributed by atoms with Crippen LogP contribution in [0.3, 0.4) is 0 Å². The summed E-state index contributed by atoms with van der Waals surface area (Å²) in [6, 6.07) is 2.52. The zero-order chi connectivity index (χ0) is 11.4. The Labute approximate surface area is 105 Å². The van der Waals surface area contributed by atoms with Crippen molar-refractivity contribution in [1.29, 1.82) is 0 Å². The highest BCUT2D eigenvalue weighted by Gasteiger charge is 2.28. The van der Waals surface area contributed by atoms with Crippen LogP contribution in [0.5, 0.6) is 0 Å². The van der Waals surface area contributed by atoms with Crippen LogP contribution in [0.1, 0.15) is 38.5 Å². The molecule has 2 fully saturated rings. The number of nitrogens with one attached hydrogen (secondary N) is 1. The molecule has 1 aliphatic carbocycles. The SMILES string of the molecule is CNC1CCC(N(C)C2CCSCC2)CC1. The summed E-state index contributed by atoms with van der Waals surface area (Å²) in [5, 5.41) is 3.42. The van der Waals surface area contributed by atoms with Crippen molar-refractivity contribution in [3.05, 3.63) is 0 Å². The third kappa shape index (κ3) is 3.14. The predicted octanol–water partition coefficient (Wildman–Crippen LogP) is 2.34. The van der Waals surface area contributed by atoms with Crippen molar-refractivity contribution >= 4 is 11.8 Å². The molecule has 2 nitrogen and oxygen atoms in total. The third-order valence-corrected chi connectivity index (χ3v) is 5.50. The first-order valence-electron chi connectivity index (χ1n) is 6.78. The van der Waals surface area contributed by atoms with E-state index in [2.05, 4.69) is 36.1 Å². The van der Waals surface area contributed by atoms with Gasteiger partial charge >= 0.3 is 0 Å². The fourth-order valence-corrected chi connectivity index (χ4v) is 4.24. The van der Waals surface area contributed by atoms with E-state index < -0.39 is 0 Å². The molecular weight excluding hydrogens is 216 g/mol. The molecule has 1 saturated heterocycles. The maximum Gasteiger partial charge on any atom is 0.0111 e. The van der Waals surface area contributed by atoms with Crippen LogP contribution in [0.15, 0.2) is 0 Å². The molecule has 3 heteroatoms. The Morgan fingerprint density at radius 2 is 1.50 bits per heavy atom. The number of thioether (sulfide) groups is 1. The summed E-state index contributed by atoms with van der Waals surface area (Å²) in [5.41, 5.74) is 0. The standard InChI is InChI=1S/C13H26N2S/c1-14-11-3-5-12(6-4-11)15(2)13-7-9-16-10-8-13/h11-14H,3-10H2,1-2H3. The van der Waals surface area contributed by atoms with Crippen LogP contribution >= 0.6 is 11.8 Å². The molecule has 0 bridgehead atoms. The summed E-state index contributed by atoms with van der Waals surface area (Å²) in [4.78, 5) is 2.70. The second-order valence-electron chi connectivity index (χ2n) is 5.30. The van der Waals surface area contributed by atoms with Gasteiger partial charge in [0.25, 0.3) is 0 Å². The van der Waals surface area contributed by atoms with Gasteiger partial charge in [0.2, 0.25) is 0 Å². The van der Waals surface area contributed by atoms with Crippen LogP contribution in [0.2, 0.25) is 0 Å². The van der Waals surface area contributed by atoms with E-state index in [9.17, 15) is 0 Å². The van der Waals surface area contributed by atoms with Gasteiger partial charge in [-0.15, -0.1) is 0 Å². The average Bonchev–Trinajstić information content (AvgIpc) is 2.39. The highest BCUT2D eigenvalue weighted by atomic mass is 32.2. The zero-order valence-electron chi connectivity index (χ0n) is 10.7. The normalized spacial score (nSPS) is 33.2. The van der Waals surface area contributed by atoms with Crippen molar-refractivity contribution in [2.45, 2.75) is 56.7 Å². The first-order chi connectivity index (χ1) is 7.81. The van der Waals surface area contributed by atoms with Crippen LogP contribution in [0.4, 0.5) is 0 Å². The Morgan fingerprint density at radius 3 is 2.06 bits per heavy atom. The lowest BCUT2D eigenvalue weighted by Crippen LogP contribution is -2.45. The molecule has 0 aromatic rings. The van der Waals surface area contributed by atoms with Crippen LogP contribution in [0.25, 0.3) is 0 Å². The quantitative estimate of drug-likeness (QED) is 0.818. The molecule has 16 heavy (non-hydrogen) atoms. The highest BCUT2D eigenvalue weighted by Crippen LogP contribution is 2.28. The second kappa shape index (κ2) is 6.27. The van der Waals surface area contributed by atoms with Crippen molar-refractivity contribution < 1.29 is 0 Å². The number of hydrogen-bond acceptors (Lipinski definition) is 3. The number of hydrogen-bond donors (Lipinski definition) is 1. The van der Waals surface area contributed by atoms with Crippen LogP contribution in [-0.2, 0) is 0 Å². The van der Waals surface area contributed by atoms with E-state index in [-0.39, 0.29) is 0 Å². The largest absolute Gasteiger partial charge is 0.317 e. The first-order valence-corrected chi connectivity index (χ1v) is 7.93. The lowest BCUT2D eigenvalue weighted by molar-refractivity contribution is 0.121. The number of nitrogens with zero attached hydrogens (tertiary/aromatic N) is 1. The maximum atomic E-state index is 3.42. The van der Waals surface area contributed by atoms with Crippen LogP contribution in [-0.4, -0.2) is 48.6 Å². The Kier molecular flexibility index (Phi) is 4.98. The minimum absolute atomic E-state index is 0.784. The van der Waals surface area contributed by atoms with Gasteiger partial charge in [-0.2, -0.15) is 11.8 Å². The van der Waals surface area contributed by atoms with Gasteiger partial charge < -0.3 is 10.2 Å². The van der Waals surface area contributed by atoms with Gasteiger partial charge in [0.05, 0.1) is 0 Å². The summed E-state index contributed by atoms with van der Waals surface area (Å²) in [5.74, 6) is 2.75. The van der Waals surface area contributed by atoms with Gasteiger partial charge in [-0.1, -0.05) is 0 Å². The van der Waals surface area contributed by atoms with Gasteiger partial charge in [0.1, 0.15) is 0 Å². The zero-order valence-corrected chi connectivity index (χ0v) is 11.6. The smallest absolute Gasteiger partial charge is 0.0111 e. The lowest BCUT2D eigenvalue weighted by Gasteiger charge is -2.40. The monoisotopic (exact) mass is 242 g/mol. The van der Waals surface area contributed by atoms with E-state index in [4.69, 9.17) is 0 Å². The topological polar surface area (TPSA) is 15.3 Å². The molecule has 0 aromatic carbocycles. The van der Waals surface area contributed by atoms with Crippen LogP contribution in [0, 0.1) is 0 Å². The van der Waals surface area contributed by atoms with E-state index in [0.717, 1.165) is 18.1 Å². The maximum absolute atomic E-state index is 3.42. The summed E-state index contributed by atoms with van der Waals surface area (Å²) in [6.45, 7) is 0. The van der Waals surface area contributed by atoms with Gasteiger partial charge in [-0.3, -0.25) is 0 Å². The lowest BCUT2D eigenvalue weighted by atomic mass is 9.89. The summed E-state index contributed by atoms with van der Waals surface area (Å²) in [7, 11) is 4.47. The molecule has 0 amide bonds. The molecule has 0 radical (unpaired) electrons. The molecule has 2 rings (SSSR count). The number of rotatable bonds is 3. The van der Waals surface area contributed by atoms with Gasteiger partial charge in [0, 0.05) is 18.1 Å². The molecule has 2 aliphatic rings. The highest BCUT2D eigenvalue weighted by molar-refractivity contribution is 7.99. The van der Waals surface area contributed by atoms with Gasteiger partial charge in [-0.25, -0.2) is 0 Å². The minimum atomic E-state index is 0.784. The molecule has 0 spiro atoms. The molecule has 0 atom stereocenters. The fourth-order valence-electron chi connectivity index (χ4n) is 3.16. The molecule has 1 aliphatic heterocycles. The van der Waals surface area contributed by atoms with Crippen molar-refractivity contribution in [2.24, 2.45) is 0 Å². The molecule has 1 N–H and O–H groups in total. The predicted molar refractivity (Wildman–Crippen MR) is 73.2 cm³/mol. The fraction of sp³-hybridized carbons (Fsp3) is 1.00. The van der Waals surface area contributed by atoms with E-state index in [0.29, 0.717) is 0 Å². The Hall–Kier alpha value is 0.270. The van der Waals surface area contributed by atoms with Crippen molar-refractivity contribution in [3.63, 3.8) is 0 Å². The summed E-state index contributed by atoms with van der Waals surface area (Å²) >= 11 is 2.13. The van der Waals surface area contributed by atoms with Crippen molar-refractivity contribution in [2.75, 3.05) is 25.6 Å². The third-order valence-electron chi connectivity index (χ3n) is 4.45. The van der Waals surface area contributed by atoms with E-state index in [1.54, 1.807) is 0 Å². The van der Waals surface area contributed by atoms with Crippen LogP contribution < -0.4 is 5.32 Å². The molecule has 1 saturated carbocycles. The van der Waals surface area contributed by atoms with E-state index >= 15 is 0 Å². The molecule has 0 unspecified atom stereocenters. The first kappa shape index (κ1) is 12.7. The van der Waals surface area contributed by atoms with Crippen molar-refractivity contribution in [1.82, 2.24) is 10.2 Å². The summed E-state index contributed by atoms with van der Waals surface area (Å²) in [6.07, 6.45) is 8.34. The summed E-state index contributed by atoms with van der Waals surface area (Å²) < 4.78 is 0. The second-order valence-corrected chi connectivity index (χ2v) is 6.53. The van der Waals surface area contributed by atoms with E-state index in [1.165, 1.54) is 50.0 Å². The van der Waals surface area contributed by atoms with Gasteiger partial charge in [-0.05, 0) is 64.1 Å². The molecule has 0 aromatic heterocycles. The Morgan fingerprint density at radius 1 is 0.938 bits per heavy atom. The minimum Gasteiger partial charge on any atom is -0.317 e. The van der Waals surface area contributed by atoms with Crippen molar-refractivity contribution in [3.8, 4) is 0 Å². The molecular formula is C13H26N2S. The Balaban J connectivity index is 1.78. The molecule has 1 heterocycles. The average molecular weight is 242 g/mol. The molecule has 94 valence electrons.